The molecule has 0 radical (unpaired) electrons. The molecule has 6 heteroatoms. The van der Waals surface area contributed by atoms with Crippen molar-refractivity contribution in [1.82, 2.24) is 4.72 Å². The lowest BCUT2D eigenvalue weighted by Gasteiger charge is -2.08. The second kappa shape index (κ2) is 6.90. The van der Waals surface area contributed by atoms with Crippen LogP contribution in [0.5, 0.6) is 0 Å². The Morgan fingerprint density at radius 3 is 2.63 bits per heavy atom. The smallest absolute Gasteiger partial charge is 0.211 e. The maximum atomic E-state index is 12.0. The molecule has 19 heavy (non-hydrogen) atoms. The average Bonchev–Trinajstić information content (AvgIpc) is 2.34. The maximum Gasteiger partial charge on any atom is 0.240 e. The summed E-state index contributed by atoms with van der Waals surface area (Å²) in [5, 5.41) is 8.88. The minimum absolute atomic E-state index is 0.0843. The molecule has 0 amide bonds. The van der Waals surface area contributed by atoms with Crippen LogP contribution in [-0.4, -0.2) is 15.0 Å². The third-order valence-electron chi connectivity index (χ3n) is 2.62. The van der Waals surface area contributed by atoms with Gasteiger partial charge in [0.2, 0.25) is 10.0 Å². The van der Waals surface area contributed by atoms with E-state index in [1.54, 1.807) is 0 Å². The van der Waals surface area contributed by atoms with Crippen molar-refractivity contribution in [3.8, 4) is 6.07 Å². The summed E-state index contributed by atoms with van der Waals surface area (Å²) in [7, 11) is -3.55. The number of benzene rings is 1. The van der Waals surface area contributed by atoms with E-state index in [1.165, 1.54) is 18.2 Å². The van der Waals surface area contributed by atoms with Gasteiger partial charge < -0.3 is 0 Å². The van der Waals surface area contributed by atoms with Crippen LogP contribution in [0.4, 0.5) is 0 Å². The summed E-state index contributed by atoms with van der Waals surface area (Å²) < 4.78 is 26.5. The van der Waals surface area contributed by atoms with Crippen LogP contribution in [0.15, 0.2) is 23.1 Å². The number of nitrogens with zero attached hydrogens (tertiary/aromatic N) is 1. The topological polar surface area (TPSA) is 70.0 Å². The Labute approximate surface area is 119 Å². The highest BCUT2D eigenvalue weighted by Gasteiger charge is 2.15. The number of hydrogen-bond donors (Lipinski definition) is 1. The molecule has 1 aromatic carbocycles. The van der Waals surface area contributed by atoms with Crippen LogP contribution < -0.4 is 4.72 Å². The largest absolute Gasteiger partial charge is 0.240 e. The van der Waals surface area contributed by atoms with Gasteiger partial charge in [-0.1, -0.05) is 25.4 Å². The van der Waals surface area contributed by atoms with Gasteiger partial charge in [-0.2, -0.15) is 5.26 Å². The summed E-state index contributed by atoms with van der Waals surface area (Å²) in [6, 6.07) is 5.98. The molecule has 1 aromatic rings. The van der Waals surface area contributed by atoms with Gasteiger partial charge in [0.1, 0.15) is 6.07 Å². The van der Waals surface area contributed by atoms with Crippen molar-refractivity contribution < 1.29 is 8.42 Å². The molecule has 0 heterocycles. The summed E-state index contributed by atoms with van der Waals surface area (Å²) in [6.45, 7) is 4.59. The molecule has 0 saturated heterocycles. The second-order valence-corrected chi connectivity index (χ2v) is 6.86. The first kappa shape index (κ1) is 16.0. The molecule has 0 aliphatic carbocycles. The van der Waals surface area contributed by atoms with E-state index in [0.717, 1.165) is 12.8 Å². The van der Waals surface area contributed by atoms with Crippen LogP contribution in [0.25, 0.3) is 0 Å². The molecular weight excluding hydrogens is 284 g/mol. The van der Waals surface area contributed by atoms with Gasteiger partial charge in [0, 0.05) is 6.54 Å². The molecule has 0 aliphatic heterocycles. The number of hydrogen-bond acceptors (Lipinski definition) is 3. The number of nitrogens with one attached hydrogen (secondary N) is 1. The third kappa shape index (κ3) is 4.83. The summed E-state index contributed by atoms with van der Waals surface area (Å²) in [4.78, 5) is 0.0843. The zero-order valence-corrected chi connectivity index (χ0v) is 12.6. The van der Waals surface area contributed by atoms with Gasteiger partial charge in [-0.05, 0) is 37.0 Å². The van der Waals surface area contributed by atoms with Crippen molar-refractivity contribution in [2.24, 2.45) is 5.92 Å². The van der Waals surface area contributed by atoms with E-state index in [2.05, 4.69) is 18.6 Å². The fourth-order valence-electron chi connectivity index (χ4n) is 1.55. The lowest BCUT2D eigenvalue weighted by molar-refractivity contribution is 0.540. The minimum atomic E-state index is -3.55. The number of sulfonamides is 1. The van der Waals surface area contributed by atoms with Gasteiger partial charge in [-0.3, -0.25) is 0 Å². The van der Waals surface area contributed by atoms with Crippen molar-refractivity contribution in [1.29, 1.82) is 5.26 Å². The van der Waals surface area contributed by atoms with Gasteiger partial charge in [0.15, 0.2) is 0 Å². The van der Waals surface area contributed by atoms with E-state index < -0.39 is 10.0 Å². The van der Waals surface area contributed by atoms with Crippen molar-refractivity contribution in [3.63, 3.8) is 0 Å². The molecule has 0 bridgehead atoms. The highest BCUT2D eigenvalue weighted by atomic mass is 35.5. The predicted molar refractivity (Wildman–Crippen MR) is 75.4 cm³/mol. The monoisotopic (exact) mass is 300 g/mol. The van der Waals surface area contributed by atoms with E-state index in [9.17, 15) is 8.42 Å². The summed E-state index contributed by atoms with van der Waals surface area (Å²) >= 11 is 5.82. The molecule has 0 aliphatic rings. The van der Waals surface area contributed by atoms with Crippen LogP contribution in [0, 0.1) is 17.2 Å². The van der Waals surface area contributed by atoms with E-state index in [0.29, 0.717) is 12.5 Å². The molecule has 4 nitrogen and oxygen atoms in total. The van der Waals surface area contributed by atoms with Crippen molar-refractivity contribution in [2.45, 2.75) is 31.6 Å². The molecule has 1 N–H and O–H groups in total. The molecule has 0 fully saturated rings. The molecule has 0 unspecified atom stereocenters. The standard InChI is InChI=1S/C13H17ClN2O2S/c1-10(2)4-3-7-16-19(17,18)12-6-5-11(9-15)13(14)8-12/h5-6,8,10,16H,3-4,7H2,1-2H3. The van der Waals surface area contributed by atoms with Gasteiger partial charge in [-0.25, -0.2) is 13.1 Å². The highest BCUT2D eigenvalue weighted by molar-refractivity contribution is 7.89. The quantitative estimate of drug-likeness (QED) is 0.821. The summed E-state index contributed by atoms with van der Waals surface area (Å²) in [6.07, 6.45) is 1.76. The van der Waals surface area contributed by atoms with Gasteiger partial charge in [-0.15, -0.1) is 0 Å². The fraction of sp³-hybridized carbons (Fsp3) is 0.462. The molecule has 0 saturated carbocycles. The molecule has 104 valence electrons. The minimum Gasteiger partial charge on any atom is -0.211 e. The number of nitriles is 1. The zero-order valence-electron chi connectivity index (χ0n) is 11.0. The first-order chi connectivity index (χ1) is 8.86. The maximum absolute atomic E-state index is 12.0. The van der Waals surface area contributed by atoms with Crippen LogP contribution >= 0.6 is 11.6 Å². The zero-order chi connectivity index (χ0) is 14.5. The van der Waals surface area contributed by atoms with E-state index in [4.69, 9.17) is 16.9 Å². The number of halogens is 1. The van der Waals surface area contributed by atoms with Crippen LogP contribution in [0.3, 0.4) is 0 Å². The van der Waals surface area contributed by atoms with E-state index >= 15 is 0 Å². The normalized spacial score (nSPS) is 11.5. The van der Waals surface area contributed by atoms with Crippen LogP contribution in [0.2, 0.25) is 5.02 Å². The summed E-state index contributed by atoms with van der Waals surface area (Å²) in [5.74, 6) is 0.550. The highest BCUT2D eigenvalue weighted by Crippen LogP contribution is 2.20. The lowest BCUT2D eigenvalue weighted by Crippen LogP contribution is -2.25. The lowest BCUT2D eigenvalue weighted by atomic mass is 10.1. The Morgan fingerprint density at radius 1 is 1.42 bits per heavy atom. The Kier molecular flexibility index (Phi) is 5.80. The van der Waals surface area contributed by atoms with Gasteiger partial charge in [0.05, 0.1) is 15.5 Å². The van der Waals surface area contributed by atoms with Crippen molar-refractivity contribution in [3.05, 3.63) is 28.8 Å². The molecule has 0 spiro atoms. The molecule has 0 aromatic heterocycles. The molecular formula is C13H17ClN2O2S. The predicted octanol–water partition coefficient (Wildman–Crippen LogP) is 2.93. The van der Waals surface area contributed by atoms with Gasteiger partial charge >= 0.3 is 0 Å². The Bertz CT molecular complexity index is 577. The van der Waals surface area contributed by atoms with Crippen molar-refractivity contribution >= 4 is 21.6 Å². The Hall–Kier alpha value is -1.09. The third-order valence-corrected chi connectivity index (χ3v) is 4.39. The van der Waals surface area contributed by atoms with Crippen LogP contribution in [0.1, 0.15) is 32.3 Å². The van der Waals surface area contributed by atoms with Crippen LogP contribution in [-0.2, 0) is 10.0 Å². The SMILES string of the molecule is CC(C)CCCNS(=O)(=O)c1ccc(C#N)c(Cl)c1. The van der Waals surface area contributed by atoms with E-state index in [1.807, 2.05) is 6.07 Å². The van der Waals surface area contributed by atoms with Gasteiger partial charge in [0.25, 0.3) is 0 Å². The Morgan fingerprint density at radius 2 is 2.11 bits per heavy atom. The van der Waals surface area contributed by atoms with E-state index in [-0.39, 0.29) is 15.5 Å². The number of rotatable bonds is 6. The first-order valence-corrected chi connectivity index (χ1v) is 7.92. The molecule has 0 atom stereocenters. The Balaban J connectivity index is 2.73. The van der Waals surface area contributed by atoms with Crippen molar-refractivity contribution in [2.75, 3.05) is 6.54 Å². The average molecular weight is 301 g/mol. The fourth-order valence-corrected chi connectivity index (χ4v) is 2.94. The summed E-state index contributed by atoms with van der Waals surface area (Å²) in [5.41, 5.74) is 0.264. The molecule has 1 rings (SSSR count). The first-order valence-electron chi connectivity index (χ1n) is 6.06. The second-order valence-electron chi connectivity index (χ2n) is 4.69.